The fraction of sp³-hybridized carbons (Fsp3) is 0.211. The molecular weight excluding hydrogens is 332 g/mol. The van der Waals surface area contributed by atoms with E-state index in [2.05, 4.69) is 9.97 Å². The van der Waals surface area contributed by atoms with Crippen LogP contribution >= 0.6 is 0 Å². The Balaban J connectivity index is 1.50. The molecule has 4 rings (SSSR count). The average Bonchev–Trinajstić information content (AvgIpc) is 3.37. The normalized spacial score (nSPS) is 12.2. The number of fused-ring (bicyclic) bond motifs is 1. The van der Waals surface area contributed by atoms with E-state index in [1.165, 1.54) is 0 Å². The van der Waals surface area contributed by atoms with Crippen molar-refractivity contribution in [2.45, 2.75) is 13.5 Å². The standard InChI is InChI=1S/C19H18N4O3/c1-2-22(11-14-3-5-16-17(9-14)26-13-25-16)19(24)15-4-6-18(21-10-15)23-8-7-20-12-23/h3-10,12H,2,11,13H2,1H3. The number of nitrogens with zero attached hydrogens (tertiary/aromatic N) is 4. The van der Waals surface area contributed by atoms with Gasteiger partial charge in [-0.3, -0.25) is 9.36 Å². The largest absolute Gasteiger partial charge is 0.454 e. The molecule has 0 bridgehead atoms. The van der Waals surface area contributed by atoms with Gasteiger partial charge < -0.3 is 14.4 Å². The summed E-state index contributed by atoms with van der Waals surface area (Å²) >= 11 is 0. The first-order valence-corrected chi connectivity index (χ1v) is 8.37. The topological polar surface area (TPSA) is 69.5 Å². The van der Waals surface area contributed by atoms with Crippen molar-refractivity contribution in [1.82, 2.24) is 19.4 Å². The number of hydrogen-bond acceptors (Lipinski definition) is 5. The van der Waals surface area contributed by atoms with Crippen LogP contribution in [0, 0.1) is 0 Å². The van der Waals surface area contributed by atoms with Crippen LogP contribution in [-0.4, -0.2) is 38.7 Å². The molecule has 0 spiro atoms. The van der Waals surface area contributed by atoms with Crippen molar-refractivity contribution in [3.63, 3.8) is 0 Å². The summed E-state index contributed by atoms with van der Waals surface area (Å²) in [6.07, 6.45) is 6.76. The Labute approximate surface area is 150 Å². The van der Waals surface area contributed by atoms with Crippen LogP contribution in [-0.2, 0) is 6.54 Å². The zero-order chi connectivity index (χ0) is 17.9. The molecule has 1 amide bonds. The van der Waals surface area contributed by atoms with E-state index in [-0.39, 0.29) is 12.7 Å². The predicted molar refractivity (Wildman–Crippen MR) is 94.3 cm³/mol. The SMILES string of the molecule is CCN(Cc1ccc2c(c1)OCO2)C(=O)c1ccc(-n2ccnc2)nc1. The van der Waals surface area contributed by atoms with Crippen LogP contribution in [0.5, 0.6) is 11.5 Å². The van der Waals surface area contributed by atoms with E-state index in [1.54, 1.807) is 34.3 Å². The van der Waals surface area contributed by atoms with Crippen molar-refractivity contribution < 1.29 is 14.3 Å². The number of aromatic nitrogens is 3. The third-order valence-electron chi connectivity index (χ3n) is 4.24. The summed E-state index contributed by atoms with van der Waals surface area (Å²) in [5.74, 6) is 2.12. The van der Waals surface area contributed by atoms with Gasteiger partial charge in [0.2, 0.25) is 6.79 Å². The lowest BCUT2D eigenvalue weighted by Gasteiger charge is -2.21. The molecule has 0 aliphatic carbocycles. The summed E-state index contributed by atoms with van der Waals surface area (Å²) in [5.41, 5.74) is 1.55. The maximum absolute atomic E-state index is 12.8. The van der Waals surface area contributed by atoms with E-state index < -0.39 is 0 Å². The maximum atomic E-state index is 12.8. The molecule has 26 heavy (non-hydrogen) atoms. The van der Waals surface area contributed by atoms with Gasteiger partial charge in [0.15, 0.2) is 11.5 Å². The summed E-state index contributed by atoms with van der Waals surface area (Å²) in [5, 5.41) is 0. The molecule has 0 saturated carbocycles. The number of pyridine rings is 1. The third-order valence-corrected chi connectivity index (χ3v) is 4.24. The van der Waals surface area contributed by atoms with Crippen LogP contribution in [0.2, 0.25) is 0 Å². The first-order chi connectivity index (χ1) is 12.7. The molecule has 3 aromatic rings. The summed E-state index contributed by atoms with van der Waals surface area (Å²) in [4.78, 5) is 22.9. The maximum Gasteiger partial charge on any atom is 0.255 e. The number of rotatable bonds is 5. The highest BCUT2D eigenvalue weighted by Gasteiger charge is 2.18. The van der Waals surface area contributed by atoms with Gasteiger partial charge in [0.1, 0.15) is 12.1 Å². The Hall–Kier alpha value is -3.35. The number of hydrogen-bond donors (Lipinski definition) is 0. The van der Waals surface area contributed by atoms with E-state index in [0.717, 1.165) is 22.9 Å². The van der Waals surface area contributed by atoms with Crippen LogP contribution in [0.4, 0.5) is 0 Å². The van der Waals surface area contributed by atoms with Gasteiger partial charge in [-0.2, -0.15) is 0 Å². The highest BCUT2D eigenvalue weighted by atomic mass is 16.7. The smallest absolute Gasteiger partial charge is 0.255 e. The third kappa shape index (κ3) is 3.11. The Bertz CT molecular complexity index is 907. The van der Waals surface area contributed by atoms with E-state index >= 15 is 0 Å². The second kappa shape index (κ2) is 6.87. The molecule has 2 aromatic heterocycles. The van der Waals surface area contributed by atoms with Gasteiger partial charge in [-0.05, 0) is 36.8 Å². The minimum Gasteiger partial charge on any atom is -0.454 e. The summed E-state index contributed by atoms with van der Waals surface area (Å²) in [6.45, 7) is 3.29. The van der Waals surface area contributed by atoms with Gasteiger partial charge in [-0.25, -0.2) is 9.97 Å². The van der Waals surface area contributed by atoms with Gasteiger partial charge in [-0.1, -0.05) is 6.07 Å². The molecule has 0 saturated heterocycles. The van der Waals surface area contributed by atoms with Gasteiger partial charge in [0.25, 0.3) is 5.91 Å². The van der Waals surface area contributed by atoms with Crippen LogP contribution < -0.4 is 9.47 Å². The van der Waals surface area contributed by atoms with E-state index in [1.807, 2.05) is 37.4 Å². The average molecular weight is 350 g/mol. The second-order valence-electron chi connectivity index (χ2n) is 5.88. The van der Waals surface area contributed by atoms with Crippen LogP contribution in [0.3, 0.4) is 0 Å². The molecule has 7 heteroatoms. The lowest BCUT2D eigenvalue weighted by atomic mass is 10.1. The Kier molecular flexibility index (Phi) is 4.27. The molecule has 1 aliphatic rings. The van der Waals surface area contributed by atoms with Gasteiger partial charge >= 0.3 is 0 Å². The number of ether oxygens (including phenoxy) is 2. The molecule has 132 valence electrons. The van der Waals surface area contributed by atoms with Crippen LogP contribution in [0.25, 0.3) is 5.82 Å². The zero-order valence-corrected chi connectivity index (χ0v) is 14.3. The zero-order valence-electron chi connectivity index (χ0n) is 14.3. The fourth-order valence-electron chi connectivity index (χ4n) is 2.83. The quantitative estimate of drug-likeness (QED) is 0.708. The molecule has 0 radical (unpaired) electrons. The number of benzene rings is 1. The van der Waals surface area contributed by atoms with E-state index in [0.29, 0.717) is 18.7 Å². The highest BCUT2D eigenvalue weighted by Crippen LogP contribution is 2.32. The monoisotopic (exact) mass is 350 g/mol. The van der Waals surface area contributed by atoms with Gasteiger partial charge in [0, 0.05) is 31.7 Å². The fourth-order valence-corrected chi connectivity index (χ4v) is 2.83. The molecular formula is C19H18N4O3. The molecule has 0 unspecified atom stereocenters. The minimum atomic E-state index is -0.0603. The summed E-state index contributed by atoms with van der Waals surface area (Å²) < 4.78 is 12.5. The first-order valence-electron chi connectivity index (χ1n) is 8.37. The predicted octanol–water partition coefficient (Wildman–Crippen LogP) is 2.66. The number of carbonyl (C=O) groups is 1. The molecule has 0 N–H and O–H groups in total. The highest BCUT2D eigenvalue weighted by molar-refractivity contribution is 5.94. The van der Waals surface area contributed by atoms with E-state index in [9.17, 15) is 4.79 Å². The van der Waals surface area contributed by atoms with Gasteiger partial charge in [-0.15, -0.1) is 0 Å². The molecule has 3 heterocycles. The number of carbonyl (C=O) groups excluding carboxylic acids is 1. The van der Waals surface area contributed by atoms with Crippen molar-refractivity contribution in [2.24, 2.45) is 0 Å². The van der Waals surface area contributed by atoms with Crippen molar-refractivity contribution in [1.29, 1.82) is 0 Å². The van der Waals surface area contributed by atoms with E-state index in [4.69, 9.17) is 9.47 Å². The molecule has 1 aliphatic heterocycles. The summed E-state index contributed by atoms with van der Waals surface area (Å²) in [6, 6.07) is 9.33. The number of amides is 1. The lowest BCUT2D eigenvalue weighted by Crippen LogP contribution is -2.30. The van der Waals surface area contributed by atoms with Crippen LogP contribution in [0.1, 0.15) is 22.8 Å². The first kappa shape index (κ1) is 16.1. The van der Waals surface area contributed by atoms with Crippen molar-refractivity contribution in [3.8, 4) is 17.3 Å². The Morgan fingerprint density at radius 2 is 2.12 bits per heavy atom. The Morgan fingerprint density at radius 3 is 2.85 bits per heavy atom. The molecule has 7 nitrogen and oxygen atoms in total. The molecule has 0 atom stereocenters. The summed E-state index contributed by atoms with van der Waals surface area (Å²) in [7, 11) is 0. The minimum absolute atomic E-state index is 0.0603. The molecule has 0 fully saturated rings. The number of imidazole rings is 1. The van der Waals surface area contributed by atoms with Crippen molar-refractivity contribution in [2.75, 3.05) is 13.3 Å². The van der Waals surface area contributed by atoms with Gasteiger partial charge in [0.05, 0.1) is 5.56 Å². The second-order valence-corrected chi connectivity index (χ2v) is 5.88. The Morgan fingerprint density at radius 1 is 1.23 bits per heavy atom. The van der Waals surface area contributed by atoms with Crippen molar-refractivity contribution >= 4 is 5.91 Å². The lowest BCUT2D eigenvalue weighted by molar-refractivity contribution is 0.0752. The van der Waals surface area contributed by atoms with Crippen LogP contribution in [0.15, 0.2) is 55.2 Å². The molecule has 1 aromatic carbocycles. The van der Waals surface area contributed by atoms with Crippen molar-refractivity contribution in [3.05, 3.63) is 66.4 Å².